The van der Waals surface area contributed by atoms with Gasteiger partial charge in [-0.05, 0) is 30.2 Å². The third kappa shape index (κ3) is 2.86. The van der Waals surface area contributed by atoms with Gasteiger partial charge in [-0.15, -0.1) is 0 Å². The number of halogens is 2. The third-order valence-corrected chi connectivity index (χ3v) is 2.73. The normalized spacial score (nSPS) is 10.4. The summed E-state index contributed by atoms with van der Waals surface area (Å²) in [6, 6.07) is 11.7. The summed E-state index contributed by atoms with van der Waals surface area (Å²) in [5.74, 6) is -1.03. The van der Waals surface area contributed by atoms with Crippen LogP contribution in [0.15, 0.2) is 42.5 Å². The average Bonchev–Trinajstić information content (AvgIpc) is 2.41. The van der Waals surface area contributed by atoms with Crippen LogP contribution in [0.1, 0.15) is 18.1 Å². The van der Waals surface area contributed by atoms with Gasteiger partial charge < -0.3 is 4.74 Å². The molecule has 0 atom stereocenters. The fourth-order valence-electron chi connectivity index (χ4n) is 1.68. The number of ether oxygens (including phenoxy) is 1. The molecule has 0 bridgehead atoms. The molecule has 0 aromatic heterocycles. The molecule has 0 saturated heterocycles. The van der Waals surface area contributed by atoms with E-state index in [1.54, 1.807) is 6.07 Å². The Hall–Kier alpha value is -1.90. The first-order chi connectivity index (χ1) is 8.70. The summed E-state index contributed by atoms with van der Waals surface area (Å²) >= 11 is 0. The molecule has 0 amide bonds. The van der Waals surface area contributed by atoms with Crippen molar-refractivity contribution >= 4 is 0 Å². The van der Waals surface area contributed by atoms with Crippen LogP contribution in [0.2, 0.25) is 0 Å². The van der Waals surface area contributed by atoms with Gasteiger partial charge in [0.05, 0.1) is 0 Å². The minimum Gasteiger partial charge on any atom is -0.489 e. The minimum atomic E-state index is -0.849. The van der Waals surface area contributed by atoms with Gasteiger partial charge in [-0.1, -0.05) is 31.2 Å². The zero-order chi connectivity index (χ0) is 13.0. The second-order valence-electron chi connectivity index (χ2n) is 4.00. The van der Waals surface area contributed by atoms with Crippen LogP contribution in [0.4, 0.5) is 8.78 Å². The third-order valence-electron chi connectivity index (χ3n) is 2.73. The number of aryl methyl sites for hydroxylation is 1. The topological polar surface area (TPSA) is 9.23 Å². The molecule has 0 radical (unpaired) electrons. The smallest absolute Gasteiger partial charge is 0.165 e. The van der Waals surface area contributed by atoms with Gasteiger partial charge in [-0.3, -0.25) is 0 Å². The molecule has 2 aromatic rings. The Morgan fingerprint density at radius 1 is 1.06 bits per heavy atom. The molecule has 0 fully saturated rings. The van der Waals surface area contributed by atoms with Crippen molar-refractivity contribution in [2.45, 2.75) is 20.0 Å². The monoisotopic (exact) mass is 248 g/mol. The first-order valence-electron chi connectivity index (χ1n) is 5.85. The highest BCUT2D eigenvalue weighted by molar-refractivity contribution is 5.29. The second-order valence-corrected chi connectivity index (χ2v) is 4.00. The Morgan fingerprint density at radius 3 is 2.61 bits per heavy atom. The van der Waals surface area contributed by atoms with E-state index in [0.717, 1.165) is 18.1 Å². The van der Waals surface area contributed by atoms with Gasteiger partial charge in [0.1, 0.15) is 12.4 Å². The Bertz CT molecular complexity index is 538. The van der Waals surface area contributed by atoms with Crippen LogP contribution < -0.4 is 4.74 Å². The Kier molecular flexibility index (Phi) is 3.92. The van der Waals surface area contributed by atoms with Crippen LogP contribution in [0, 0.1) is 11.6 Å². The SMILES string of the molecule is CCc1cccc(OCc2cccc(F)c2F)c1. The lowest BCUT2D eigenvalue weighted by atomic mass is 10.1. The predicted octanol–water partition coefficient (Wildman–Crippen LogP) is 4.11. The van der Waals surface area contributed by atoms with Crippen LogP contribution in [0.5, 0.6) is 5.75 Å². The largest absolute Gasteiger partial charge is 0.489 e. The lowest BCUT2D eigenvalue weighted by molar-refractivity contribution is 0.297. The van der Waals surface area contributed by atoms with Crippen LogP contribution in [-0.2, 0) is 13.0 Å². The van der Waals surface area contributed by atoms with Crippen molar-refractivity contribution in [1.82, 2.24) is 0 Å². The summed E-state index contributed by atoms with van der Waals surface area (Å²) in [6.07, 6.45) is 0.908. The van der Waals surface area contributed by atoms with Crippen molar-refractivity contribution in [3.63, 3.8) is 0 Å². The zero-order valence-electron chi connectivity index (χ0n) is 10.1. The highest BCUT2D eigenvalue weighted by Crippen LogP contribution is 2.17. The van der Waals surface area contributed by atoms with Gasteiger partial charge in [0.2, 0.25) is 0 Å². The maximum atomic E-state index is 13.4. The van der Waals surface area contributed by atoms with Gasteiger partial charge in [-0.2, -0.15) is 0 Å². The van der Waals surface area contributed by atoms with Crippen LogP contribution in [0.25, 0.3) is 0 Å². The molecule has 0 aliphatic heterocycles. The maximum absolute atomic E-state index is 13.4. The molecule has 0 spiro atoms. The van der Waals surface area contributed by atoms with Crippen LogP contribution in [-0.4, -0.2) is 0 Å². The fraction of sp³-hybridized carbons (Fsp3) is 0.200. The quantitative estimate of drug-likeness (QED) is 0.791. The molecule has 0 saturated carbocycles. The zero-order valence-corrected chi connectivity index (χ0v) is 10.1. The van der Waals surface area contributed by atoms with E-state index < -0.39 is 11.6 Å². The molecular weight excluding hydrogens is 234 g/mol. The van der Waals surface area contributed by atoms with Gasteiger partial charge >= 0.3 is 0 Å². The Morgan fingerprint density at radius 2 is 1.83 bits per heavy atom. The standard InChI is InChI=1S/C15H14F2O/c1-2-11-5-3-7-13(9-11)18-10-12-6-4-8-14(16)15(12)17/h3-9H,2,10H2,1H3. The van der Waals surface area contributed by atoms with Crippen LogP contribution in [0.3, 0.4) is 0 Å². The first kappa shape index (κ1) is 12.6. The molecule has 94 valence electrons. The molecule has 1 nitrogen and oxygen atoms in total. The van der Waals surface area contributed by atoms with Gasteiger partial charge in [0.25, 0.3) is 0 Å². The highest BCUT2D eigenvalue weighted by atomic mass is 19.2. The molecule has 0 N–H and O–H groups in total. The van der Waals surface area contributed by atoms with Gasteiger partial charge in [0, 0.05) is 5.56 Å². The van der Waals surface area contributed by atoms with E-state index in [-0.39, 0.29) is 12.2 Å². The summed E-state index contributed by atoms with van der Waals surface area (Å²) in [7, 11) is 0. The molecule has 3 heteroatoms. The molecule has 0 unspecified atom stereocenters. The summed E-state index contributed by atoms with van der Waals surface area (Å²) in [5.41, 5.74) is 1.36. The van der Waals surface area contributed by atoms with Crippen molar-refractivity contribution in [2.75, 3.05) is 0 Å². The molecule has 2 aromatic carbocycles. The number of hydrogen-bond acceptors (Lipinski definition) is 1. The molecule has 0 aliphatic rings. The predicted molar refractivity (Wildman–Crippen MR) is 66.5 cm³/mol. The Labute approximate surface area is 105 Å². The lowest BCUT2D eigenvalue weighted by Gasteiger charge is -2.08. The summed E-state index contributed by atoms with van der Waals surface area (Å²) < 4.78 is 31.9. The van der Waals surface area contributed by atoms with E-state index in [0.29, 0.717) is 5.75 Å². The van der Waals surface area contributed by atoms with Crippen molar-refractivity contribution in [2.24, 2.45) is 0 Å². The van der Waals surface area contributed by atoms with Crippen molar-refractivity contribution in [3.05, 3.63) is 65.2 Å². The second kappa shape index (κ2) is 5.63. The van der Waals surface area contributed by atoms with E-state index in [4.69, 9.17) is 4.74 Å². The molecule has 0 aliphatic carbocycles. The minimum absolute atomic E-state index is 0.0246. The van der Waals surface area contributed by atoms with Crippen LogP contribution >= 0.6 is 0 Å². The van der Waals surface area contributed by atoms with Crippen molar-refractivity contribution in [3.8, 4) is 5.75 Å². The van der Waals surface area contributed by atoms with E-state index in [9.17, 15) is 8.78 Å². The van der Waals surface area contributed by atoms with Gasteiger partial charge in [-0.25, -0.2) is 8.78 Å². The molecule has 2 rings (SSSR count). The summed E-state index contributed by atoms with van der Waals surface area (Å²) in [4.78, 5) is 0. The summed E-state index contributed by atoms with van der Waals surface area (Å²) in [5, 5.41) is 0. The van der Waals surface area contributed by atoms with Crippen molar-refractivity contribution in [1.29, 1.82) is 0 Å². The molecular formula is C15H14F2O. The average molecular weight is 248 g/mol. The number of hydrogen-bond donors (Lipinski definition) is 0. The fourth-order valence-corrected chi connectivity index (χ4v) is 1.68. The van der Waals surface area contributed by atoms with E-state index in [2.05, 4.69) is 0 Å². The summed E-state index contributed by atoms with van der Waals surface area (Å²) in [6.45, 7) is 2.07. The van der Waals surface area contributed by atoms with E-state index >= 15 is 0 Å². The van der Waals surface area contributed by atoms with E-state index in [1.165, 1.54) is 12.1 Å². The van der Waals surface area contributed by atoms with Gasteiger partial charge in [0.15, 0.2) is 11.6 Å². The molecule has 18 heavy (non-hydrogen) atoms. The highest BCUT2D eigenvalue weighted by Gasteiger charge is 2.07. The Balaban J connectivity index is 2.09. The molecule has 0 heterocycles. The maximum Gasteiger partial charge on any atom is 0.165 e. The van der Waals surface area contributed by atoms with Crippen molar-refractivity contribution < 1.29 is 13.5 Å². The lowest BCUT2D eigenvalue weighted by Crippen LogP contribution is -2.00. The first-order valence-corrected chi connectivity index (χ1v) is 5.85. The number of benzene rings is 2. The van der Waals surface area contributed by atoms with E-state index in [1.807, 2.05) is 25.1 Å². The number of rotatable bonds is 4.